The van der Waals surface area contributed by atoms with Crippen LogP contribution in [-0.4, -0.2) is 24.2 Å². The summed E-state index contributed by atoms with van der Waals surface area (Å²) < 4.78 is 0. The zero-order valence-corrected chi connectivity index (χ0v) is 18.3. The van der Waals surface area contributed by atoms with Gasteiger partial charge in [-0.25, -0.2) is 0 Å². The van der Waals surface area contributed by atoms with Gasteiger partial charge in [0.1, 0.15) is 0 Å². The smallest absolute Gasteiger partial charge is 0.0211 e. The van der Waals surface area contributed by atoms with Crippen molar-refractivity contribution in [2.45, 2.75) is 106 Å². The topological polar surface area (TPSA) is 48.1 Å². The highest BCUT2D eigenvalue weighted by Gasteiger charge is 2.12. The van der Waals surface area contributed by atoms with Gasteiger partial charge in [0.15, 0.2) is 0 Å². The molecule has 0 spiro atoms. The number of nitrogens with one attached hydrogen (secondary N) is 4. The summed E-state index contributed by atoms with van der Waals surface area (Å²) in [6.45, 7) is 21.3. The molecule has 1 rings (SSSR count). The van der Waals surface area contributed by atoms with Crippen molar-refractivity contribution in [2.75, 3.05) is 0 Å². The lowest BCUT2D eigenvalue weighted by molar-refractivity contribution is 0.555. The van der Waals surface area contributed by atoms with Crippen LogP contribution in [0.5, 0.6) is 0 Å². The largest absolute Gasteiger partial charge is 0.310 e. The molecular formula is C22H42N4. The zero-order valence-electron chi connectivity index (χ0n) is 18.3. The summed E-state index contributed by atoms with van der Waals surface area (Å²) in [5.74, 6) is 0. The molecule has 0 saturated heterocycles. The Morgan fingerprint density at radius 2 is 0.654 bits per heavy atom. The average molecular weight is 363 g/mol. The van der Waals surface area contributed by atoms with Crippen molar-refractivity contribution < 1.29 is 0 Å². The van der Waals surface area contributed by atoms with Crippen LogP contribution in [0.1, 0.15) is 77.6 Å². The number of rotatable bonds is 12. The third-order valence-electron chi connectivity index (χ3n) is 4.32. The third-order valence-corrected chi connectivity index (χ3v) is 4.32. The Morgan fingerprint density at radius 1 is 0.462 bits per heavy atom. The van der Waals surface area contributed by atoms with Crippen LogP contribution in [0.3, 0.4) is 0 Å². The van der Waals surface area contributed by atoms with Crippen molar-refractivity contribution in [3.8, 4) is 0 Å². The summed E-state index contributed by atoms with van der Waals surface area (Å²) in [4.78, 5) is 0. The van der Waals surface area contributed by atoms with Crippen molar-refractivity contribution >= 4 is 0 Å². The highest BCUT2D eigenvalue weighted by molar-refractivity contribution is 5.39. The van der Waals surface area contributed by atoms with Crippen LogP contribution in [0.4, 0.5) is 0 Å². The van der Waals surface area contributed by atoms with Gasteiger partial charge in [0.2, 0.25) is 0 Å². The van der Waals surface area contributed by atoms with Crippen molar-refractivity contribution in [1.82, 2.24) is 21.3 Å². The van der Waals surface area contributed by atoms with E-state index >= 15 is 0 Å². The van der Waals surface area contributed by atoms with Crippen LogP contribution in [0.25, 0.3) is 0 Å². The molecular weight excluding hydrogens is 320 g/mol. The predicted molar refractivity (Wildman–Crippen MR) is 114 cm³/mol. The molecule has 0 atom stereocenters. The van der Waals surface area contributed by atoms with Crippen LogP contribution in [0.2, 0.25) is 0 Å². The first kappa shape index (κ1) is 23.1. The van der Waals surface area contributed by atoms with E-state index < -0.39 is 0 Å². The first-order chi connectivity index (χ1) is 12.2. The Hall–Kier alpha value is -0.940. The summed E-state index contributed by atoms with van der Waals surface area (Å²) in [5, 5.41) is 14.4. The van der Waals surface area contributed by atoms with Crippen molar-refractivity contribution in [3.05, 3.63) is 34.4 Å². The van der Waals surface area contributed by atoms with Crippen LogP contribution in [0.15, 0.2) is 12.1 Å². The summed E-state index contributed by atoms with van der Waals surface area (Å²) in [6, 6.07) is 6.75. The molecule has 0 amide bonds. The zero-order chi connectivity index (χ0) is 19.7. The minimum Gasteiger partial charge on any atom is -0.310 e. The van der Waals surface area contributed by atoms with Gasteiger partial charge >= 0.3 is 0 Å². The van der Waals surface area contributed by atoms with Gasteiger partial charge < -0.3 is 21.3 Å². The Kier molecular flexibility index (Phi) is 10.4. The fourth-order valence-electron chi connectivity index (χ4n) is 2.71. The van der Waals surface area contributed by atoms with Crippen LogP contribution >= 0.6 is 0 Å². The molecule has 0 aliphatic carbocycles. The van der Waals surface area contributed by atoms with Gasteiger partial charge in [-0.15, -0.1) is 0 Å². The lowest BCUT2D eigenvalue weighted by atomic mass is 9.97. The fourth-order valence-corrected chi connectivity index (χ4v) is 2.71. The molecule has 1 aromatic rings. The van der Waals surface area contributed by atoms with E-state index in [4.69, 9.17) is 0 Å². The van der Waals surface area contributed by atoms with Crippen LogP contribution in [-0.2, 0) is 26.2 Å². The SMILES string of the molecule is CC(C)NCc1cc(CNC(C)C)c(CNC(C)C)cc1CNC(C)C. The van der Waals surface area contributed by atoms with E-state index in [1.165, 1.54) is 22.3 Å². The van der Waals surface area contributed by atoms with E-state index in [-0.39, 0.29) is 0 Å². The highest BCUT2D eigenvalue weighted by Crippen LogP contribution is 2.19. The van der Waals surface area contributed by atoms with Gasteiger partial charge in [-0.05, 0) is 22.3 Å². The Labute approximate surface area is 161 Å². The van der Waals surface area contributed by atoms with Gasteiger partial charge in [0, 0.05) is 50.3 Å². The molecule has 0 aromatic heterocycles. The highest BCUT2D eigenvalue weighted by atomic mass is 14.9. The van der Waals surface area contributed by atoms with E-state index in [9.17, 15) is 0 Å². The minimum absolute atomic E-state index is 0.487. The monoisotopic (exact) mass is 362 g/mol. The number of benzene rings is 1. The Balaban J connectivity index is 3.14. The lowest BCUT2D eigenvalue weighted by Gasteiger charge is -2.21. The van der Waals surface area contributed by atoms with Crippen molar-refractivity contribution in [1.29, 1.82) is 0 Å². The number of hydrogen-bond acceptors (Lipinski definition) is 4. The molecule has 4 nitrogen and oxygen atoms in total. The molecule has 0 aliphatic heterocycles. The van der Waals surface area contributed by atoms with E-state index in [1.54, 1.807) is 0 Å². The van der Waals surface area contributed by atoms with E-state index in [2.05, 4.69) is 88.8 Å². The molecule has 26 heavy (non-hydrogen) atoms. The maximum absolute atomic E-state index is 3.59. The molecule has 0 unspecified atom stereocenters. The second-order valence-electron chi connectivity index (χ2n) is 8.53. The lowest BCUT2D eigenvalue weighted by Crippen LogP contribution is -2.28. The van der Waals surface area contributed by atoms with Gasteiger partial charge in [-0.3, -0.25) is 0 Å². The summed E-state index contributed by atoms with van der Waals surface area (Å²) in [5.41, 5.74) is 5.61. The predicted octanol–water partition coefficient (Wildman–Crippen LogP) is 3.68. The fraction of sp³-hybridized carbons (Fsp3) is 0.727. The quantitative estimate of drug-likeness (QED) is 0.458. The van der Waals surface area contributed by atoms with Crippen LogP contribution < -0.4 is 21.3 Å². The van der Waals surface area contributed by atoms with Crippen LogP contribution in [0, 0.1) is 0 Å². The normalized spacial score (nSPS) is 12.2. The van der Waals surface area contributed by atoms with E-state index in [0.29, 0.717) is 24.2 Å². The molecule has 0 heterocycles. The van der Waals surface area contributed by atoms with Gasteiger partial charge in [-0.1, -0.05) is 67.5 Å². The summed E-state index contributed by atoms with van der Waals surface area (Å²) in [7, 11) is 0. The molecule has 1 aromatic carbocycles. The Bertz CT molecular complexity index is 431. The van der Waals surface area contributed by atoms with Gasteiger partial charge in [-0.2, -0.15) is 0 Å². The van der Waals surface area contributed by atoms with Gasteiger partial charge in [0.05, 0.1) is 0 Å². The molecule has 0 saturated carbocycles. The molecule has 150 valence electrons. The minimum atomic E-state index is 0.487. The molecule has 0 fully saturated rings. The maximum atomic E-state index is 3.59. The molecule has 0 bridgehead atoms. The summed E-state index contributed by atoms with van der Waals surface area (Å²) in [6.07, 6.45) is 0. The second kappa shape index (κ2) is 11.7. The standard InChI is InChI=1S/C22H42N4/c1-15(2)23-11-19-9-21(13-25-17(5)6)22(14-26-18(7)8)10-20(19)12-24-16(3)4/h9-10,15-18,23-26H,11-14H2,1-8H3. The van der Waals surface area contributed by atoms with Crippen molar-refractivity contribution in [3.63, 3.8) is 0 Å². The Morgan fingerprint density at radius 3 is 0.808 bits per heavy atom. The molecule has 4 N–H and O–H groups in total. The second-order valence-corrected chi connectivity index (χ2v) is 8.53. The van der Waals surface area contributed by atoms with E-state index in [1.807, 2.05) is 0 Å². The number of hydrogen-bond donors (Lipinski definition) is 4. The van der Waals surface area contributed by atoms with E-state index in [0.717, 1.165) is 26.2 Å². The van der Waals surface area contributed by atoms with Gasteiger partial charge in [0.25, 0.3) is 0 Å². The molecule has 0 aliphatic rings. The summed E-state index contributed by atoms with van der Waals surface area (Å²) >= 11 is 0. The molecule has 0 radical (unpaired) electrons. The first-order valence-electron chi connectivity index (χ1n) is 10.3. The average Bonchev–Trinajstić information content (AvgIpc) is 2.54. The third kappa shape index (κ3) is 9.13. The molecule has 4 heteroatoms. The van der Waals surface area contributed by atoms with Crippen molar-refractivity contribution in [2.24, 2.45) is 0 Å². The maximum Gasteiger partial charge on any atom is 0.0211 e. The first-order valence-corrected chi connectivity index (χ1v) is 10.3.